The van der Waals surface area contributed by atoms with Crippen LogP contribution in [-0.2, 0) is 16.6 Å². The quantitative estimate of drug-likeness (QED) is 0.674. The van der Waals surface area contributed by atoms with Gasteiger partial charge in [0, 0.05) is 19.1 Å². The molecule has 2 N–H and O–H groups in total. The van der Waals surface area contributed by atoms with E-state index in [4.69, 9.17) is 0 Å². The van der Waals surface area contributed by atoms with Gasteiger partial charge in [-0.3, -0.25) is 4.68 Å². The Bertz CT molecular complexity index is 576. The van der Waals surface area contributed by atoms with Crippen molar-refractivity contribution in [1.29, 1.82) is 0 Å². The van der Waals surface area contributed by atoms with Gasteiger partial charge < -0.3 is 5.32 Å². The molecule has 1 fully saturated rings. The molecule has 0 spiro atoms. The van der Waals surface area contributed by atoms with Crippen molar-refractivity contribution in [3.63, 3.8) is 0 Å². The van der Waals surface area contributed by atoms with Crippen LogP contribution in [0.2, 0.25) is 0 Å². The van der Waals surface area contributed by atoms with Gasteiger partial charge in [0.2, 0.25) is 10.0 Å². The summed E-state index contributed by atoms with van der Waals surface area (Å²) in [5.41, 5.74) is 1.29. The molecule has 1 saturated carbocycles. The molecule has 1 aromatic rings. The van der Waals surface area contributed by atoms with Crippen LogP contribution >= 0.6 is 0 Å². The minimum absolute atomic E-state index is 0.338. The first-order valence-corrected chi connectivity index (χ1v) is 9.21. The highest BCUT2D eigenvalue weighted by atomic mass is 32.2. The van der Waals surface area contributed by atoms with Gasteiger partial charge >= 0.3 is 0 Å². The lowest BCUT2D eigenvalue weighted by molar-refractivity contribution is 0.539. The molecule has 0 atom stereocenters. The molecule has 0 unspecified atom stereocenters. The molecule has 0 bridgehead atoms. The van der Waals surface area contributed by atoms with Crippen LogP contribution in [-0.4, -0.2) is 37.3 Å². The average molecular weight is 314 g/mol. The molecule has 21 heavy (non-hydrogen) atoms. The molecule has 0 saturated heterocycles. The minimum atomic E-state index is -3.46. The number of nitrogens with one attached hydrogen (secondary N) is 2. The molecule has 1 aromatic heterocycles. The highest BCUT2D eigenvalue weighted by Gasteiger charge is 2.24. The van der Waals surface area contributed by atoms with E-state index in [1.54, 1.807) is 11.6 Å². The second-order valence-corrected chi connectivity index (χ2v) is 7.41. The van der Waals surface area contributed by atoms with Crippen LogP contribution in [0.3, 0.4) is 0 Å². The number of sulfonamides is 1. The maximum Gasteiger partial charge on any atom is 0.244 e. The molecule has 0 radical (unpaired) electrons. The highest BCUT2D eigenvalue weighted by molar-refractivity contribution is 7.89. The summed E-state index contributed by atoms with van der Waals surface area (Å²) >= 11 is 0. The number of nitrogens with zero attached hydrogens (tertiary/aromatic N) is 2. The zero-order valence-electron chi connectivity index (χ0n) is 13.1. The van der Waals surface area contributed by atoms with Crippen molar-refractivity contribution in [2.45, 2.75) is 63.9 Å². The lowest BCUT2D eigenvalue weighted by Gasteiger charge is -2.08. The van der Waals surface area contributed by atoms with E-state index in [-0.39, 0.29) is 0 Å². The first-order valence-electron chi connectivity index (χ1n) is 7.72. The predicted molar refractivity (Wildman–Crippen MR) is 82.8 cm³/mol. The van der Waals surface area contributed by atoms with E-state index < -0.39 is 10.0 Å². The van der Waals surface area contributed by atoms with E-state index in [1.807, 2.05) is 13.8 Å². The fourth-order valence-corrected chi connectivity index (χ4v) is 3.89. The Labute approximate surface area is 127 Å². The highest BCUT2D eigenvalue weighted by Crippen LogP contribution is 2.20. The third kappa shape index (κ3) is 4.28. The van der Waals surface area contributed by atoms with E-state index in [1.165, 1.54) is 12.8 Å². The van der Waals surface area contributed by atoms with Crippen LogP contribution in [0.1, 0.15) is 44.0 Å². The second-order valence-electron chi connectivity index (χ2n) is 5.70. The van der Waals surface area contributed by atoms with Crippen molar-refractivity contribution in [3.05, 3.63) is 11.4 Å². The maximum atomic E-state index is 12.4. The Morgan fingerprint density at radius 1 is 1.29 bits per heavy atom. The monoisotopic (exact) mass is 314 g/mol. The van der Waals surface area contributed by atoms with E-state index in [0.717, 1.165) is 19.4 Å². The molecular weight excluding hydrogens is 288 g/mol. The van der Waals surface area contributed by atoms with E-state index in [0.29, 0.717) is 35.4 Å². The van der Waals surface area contributed by atoms with Gasteiger partial charge in [0.1, 0.15) is 4.90 Å². The fourth-order valence-electron chi connectivity index (χ4n) is 2.40. The van der Waals surface area contributed by atoms with E-state index in [2.05, 4.69) is 15.1 Å². The number of aryl methyl sites for hydroxylation is 1. The summed E-state index contributed by atoms with van der Waals surface area (Å²) in [6.07, 6.45) is 4.31. The SMILES string of the molecule is CCCCNS(=O)(=O)c1c(C)nn(CCNC2CC2)c1C. The lowest BCUT2D eigenvalue weighted by atomic mass is 10.3. The fraction of sp³-hybridized carbons (Fsp3) is 0.786. The smallest absolute Gasteiger partial charge is 0.244 e. The molecule has 2 rings (SSSR count). The first-order chi connectivity index (χ1) is 9.95. The number of hydrogen-bond donors (Lipinski definition) is 2. The first kappa shape index (κ1) is 16.5. The summed E-state index contributed by atoms with van der Waals surface area (Å²) in [6, 6.07) is 0.654. The van der Waals surface area contributed by atoms with Crippen LogP contribution in [0.4, 0.5) is 0 Å². The Morgan fingerprint density at radius 3 is 2.62 bits per heavy atom. The number of hydrogen-bond acceptors (Lipinski definition) is 4. The van der Waals surface area contributed by atoms with Gasteiger partial charge in [-0.05, 0) is 33.1 Å². The van der Waals surface area contributed by atoms with Gasteiger partial charge in [0.05, 0.1) is 17.9 Å². The van der Waals surface area contributed by atoms with Crippen molar-refractivity contribution in [2.24, 2.45) is 0 Å². The standard InChI is InChI=1S/C14H26N4O2S/c1-4-5-8-16-21(19,20)14-11(2)17-18(12(14)3)10-9-15-13-6-7-13/h13,15-16H,4-10H2,1-3H3. The van der Waals surface area contributed by atoms with Crippen LogP contribution in [0.15, 0.2) is 4.90 Å². The molecular formula is C14H26N4O2S. The van der Waals surface area contributed by atoms with Gasteiger partial charge in [-0.25, -0.2) is 13.1 Å². The third-order valence-corrected chi connectivity index (χ3v) is 5.45. The summed E-state index contributed by atoms with van der Waals surface area (Å²) in [7, 11) is -3.46. The summed E-state index contributed by atoms with van der Waals surface area (Å²) in [6.45, 7) is 7.63. The molecule has 1 aliphatic rings. The van der Waals surface area contributed by atoms with Crippen molar-refractivity contribution >= 4 is 10.0 Å². The molecule has 0 amide bonds. The van der Waals surface area contributed by atoms with Crippen molar-refractivity contribution in [2.75, 3.05) is 13.1 Å². The average Bonchev–Trinajstić information content (AvgIpc) is 3.16. The van der Waals surface area contributed by atoms with Crippen LogP contribution in [0.25, 0.3) is 0 Å². The molecule has 0 aromatic carbocycles. The van der Waals surface area contributed by atoms with Crippen LogP contribution in [0, 0.1) is 13.8 Å². The van der Waals surface area contributed by atoms with Gasteiger partial charge in [0.25, 0.3) is 0 Å². The van der Waals surface area contributed by atoms with Crippen LogP contribution < -0.4 is 10.0 Å². The van der Waals surface area contributed by atoms with Gasteiger partial charge in [-0.1, -0.05) is 13.3 Å². The summed E-state index contributed by atoms with van der Waals surface area (Å²) in [4.78, 5) is 0.338. The molecule has 7 heteroatoms. The van der Waals surface area contributed by atoms with Crippen molar-refractivity contribution in [3.8, 4) is 0 Å². The largest absolute Gasteiger partial charge is 0.312 e. The Balaban J connectivity index is 2.05. The normalized spacial score (nSPS) is 15.6. The Kier molecular flexibility index (Phi) is 5.40. The summed E-state index contributed by atoms with van der Waals surface area (Å²) in [5, 5.41) is 7.80. The third-order valence-electron chi connectivity index (χ3n) is 3.74. The molecule has 0 aliphatic heterocycles. The van der Waals surface area contributed by atoms with Crippen LogP contribution in [0.5, 0.6) is 0 Å². The molecule has 120 valence electrons. The minimum Gasteiger partial charge on any atom is -0.312 e. The molecule has 1 heterocycles. The molecule has 1 aliphatic carbocycles. The van der Waals surface area contributed by atoms with Gasteiger partial charge in [0.15, 0.2) is 0 Å². The van der Waals surface area contributed by atoms with Crippen molar-refractivity contribution < 1.29 is 8.42 Å². The lowest BCUT2D eigenvalue weighted by Crippen LogP contribution is -2.26. The Hall–Kier alpha value is -0.920. The Morgan fingerprint density at radius 2 is 2.00 bits per heavy atom. The van der Waals surface area contributed by atoms with Crippen molar-refractivity contribution in [1.82, 2.24) is 19.8 Å². The van der Waals surface area contributed by atoms with E-state index in [9.17, 15) is 8.42 Å². The predicted octanol–water partition coefficient (Wildman–Crippen LogP) is 1.33. The topological polar surface area (TPSA) is 76.0 Å². The number of rotatable bonds is 9. The number of unbranched alkanes of at least 4 members (excludes halogenated alkanes) is 1. The summed E-state index contributed by atoms with van der Waals surface area (Å²) < 4.78 is 29.2. The van der Waals surface area contributed by atoms with E-state index >= 15 is 0 Å². The maximum absolute atomic E-state index is 12.4. The summed E-state index contributed by atoms with van der Waals surface area (Å²) in [5.74, 6) is 0. The van der Waals surface area contributed by atoms with Gasteiger partial charge in [-0.2, -0.15) is 5.10 Å². The zero-order chi connectivity index (χ0) is 15.5. The number of aromatic nitrogens is 2. The zero-order valence-corrected chi connectivity index (χ0v) is 14.0. The second kappa shape index (κ2) is 6.89. The molecule has 6 nitrogen and oxygen atoms in total. The van der Waals surface area contributed by atoms with Gasteiger partial charge in [-0.15, -0.1) is 0 Å².